The van der Waals surface area contributed by atoms with E-state index >= 15 is 0 Å². The Kier molecular flexibility index (Phi) is 5.98. The molecule has 0 amide bonds. The van der Waals surface area contributed by atoms with E-state index in [2.05, 4.69) is 68.0 Å². The third kappa shape index (κ3) is 4.23. The molecule has 33 heavy (non-hydrogen) atoms. The smallest absolute Gasteiger partial charge is 0.122 e. The second-order valence-corrected chi connectivity index (χ2v) is 10.8. The zero-order valence-electron chi connectivity index (χ0n) is 20.6. The van der Waals surface area contributed by atoms with Gasteiger partial charge >= 0.3 is 0 Å². The Balaban J connectivity index is 1.83. The van der Waals surface area contributed by atoms with Crippen LogP contribution < -0.4 is 0 Å². The third-order valence-electron chi connectivity index (χ3n) is 7.16. The lowest BCUT2D eigenvalue weighted by Gasteiger charge is -2.56. The summed E-state index contributed by atoms with van der Waals surface area (Å²) in [6.45, 7) is 11.7. The monoisotopic (exact) mass is 444 g/mol. The summed E-state index contributed by atoms with van der Waals surface area (Å²) in [4.78, 5) is 6.60. The SMILES string of the molecule is CC(C)c1ccc([C@](O)(c2cccc(-c3cncc(C(C)(C)O)c3)c2)C2(C)CN(C)C2)cc1. The van der Waals surface area contributed by atoms with Crippen LogP contribution in [0.5, 0.6) is 0 Å². The van der Waals surface area contributed by atoms with E-state index in [9.17, 15) is 10.2 Å². The number of pyridine rings is 1. The molecule has 4 heteroatoms. The molecule has 0 aliphatic carbocycles. The second-order valence-electron chi connectivity index (χ2n) is 10.8. The molecule has 1 aliphatic rings. The molecule has 174 valence electrons. The molecule has 2 heterocycles. The van der Waals surface area contributed by atoms with Crippen LogP contribution in [0.25, 0.3) is 11.1 Å². The molecule has 4 rings (SSSR count). The van der Waals surface area contributed by atoms with E-state index in [-0.39, 0.29) is 5.41 Å². The van der Waals surface area contributed by atoms with Crippen LogP contribution in [0.15, 0.2) is 67.0 Å². The summed E-state index contributed by atoms with van der Waals surface area (Å²) < 4.78 is 0. The number of aliphatic hydroxyl groups is 2. The molecular weight excluding hydrogens is 408 g/mol. The van der Waals surface area contributed by atoms with E-state index in [0.717, 1.165) is 40.9 Å². The van der Waals surface area contributed by atoms with Gasteiger partial charge in [-0.3, -0.25) is 4.98 Å². The van der Waals surface area contributed by atoms with Gasteiger partial charge in [-0.2, -0.15) is 0 Å². The lowest BCUT2D eigenvalue weighted by molar-refractivity contribution is -0.127. The van der Waals surface area contributed by atoms with Gasteiger partial charge < -0.3 is 15.1 Å². The number of likely N-dealkylation sites (tertiary alicyclic amines) is 1. The van der Waals surface area contributed by atoms with E-state index in [1.807, 2.05) is 30.5 Å². The molecule has 2 aromatic carbocycles. The van der Waals surface area contributed by atoms with Crippen molar-refractivity contribution in [2.45, 2.75) is 51.7 Å². The van der Waals surface area contributed by atoms with E-state index in [4.69, 9.17) is 0 Å². The predicted molar refractivity (Wildman–Crippen MR) is 134 cm³/mol. The van der Waals surface area contributed by atoms with Gasteiger partial charge in [0.25, 0.3) is 0 Å². The van der Waals surface area contributed by atoms with Crippen molar-refractivity contribution in [3.63, 3.8) is 0 Å². The molecule has 0 unspecified atom stereocenters. The second kappa shape index (κ2) is 8.35. The normalized spacial score (nSPS) is 18.1. The molecule has 0 saturated carbocycles. The van der Waals surface area contributed by atoms with Crippen molar-refractivity contribution in [2.24, 2.45) is 5.41 Å². The molecule has 2 N–H and O–H groups in total. The first-order valence-electron chi connectivity index (χ1n) is 11.7. The fourth-order valence-corrected chi connectivity index (χ4v) is 5.20. The minimum absolute atomic E-state index is 0.313. The van der Waals surface area contributed by atoms with Crippen LogP contribution in [0.1, 0.15) is 62.8 Å². The van der Waals surface area contributed by atoms with Crippen LogP contribution in [0, 0.1) is 5.41 Å². The van der Waals surface area contributed by atoms with Crippen LogP contribution in [0.3, 0.4) is 0 Å². The Bertz CT molecular complexity index is 1120. The summed E-state index contributed by atoms with van der Waals surface area (Å²) in [5.41, 5.74) is 3.30. The van der Waals surface area contributed by atoms with Crippen LogP contribution in [0.2, 0.25) is 0 Å². The standard InChI is InChI=1S/C29H36N2O2/c1-20(2)21-10-12-24(13-11-21)29(33,28(5)18-31(6)19-28)25-9-7-8-22(14-25)23-15-26(17-30-16-23)27(3,4)32/h7-17,20,32-33H,18-19H2,1-6H3/t29-/m0/s1. The highest BCUT2D eigenvalue weighted by atomic mass is 16.3. The van der Waals surface area contributed by atoms with Crippen molar-refractivity contribution in [1.29, 1.82) is 0 Å². The summed E-state index contributed by atoms with van der Waals surface area (Å²) in [7, 11) is 2.09. The van der Waals surface area contributed by atoms with Crippen molar-refractivity contribution in [2.75, 3.05) is 20.1 Å². The lowest BCUT2D eigenvalue weighted by Crippen LogP contribution is -2.63. The molecule has 1 atom stereocenters. The summed E-state index contributed by atoms with van der Waals surface area (Å²) in [6, 6.07) is 18.6. The zero-order valence-corrected chi connectivity index (χ0v) is 20.6. The van der Waals surface area contributed by atoms with Crippen molar-refractivity contribution in [1.82, 2.24) is 9.88 Å². The van der Waals surface area contributed by atoms with Gasteiger partial charge in [0.2, 0.25) is 0 Å². The van der Waals surface area contributed by atoms with Crippen molar-refractivity contribution < 1.29 is 10.2 Å². The Morgan fingerprint density at radius 2 is 1.52 bits per heavy atom. The fraction of sp³-hybridized carbons (Fsp3) is 0.414. The molecule has 1 fully saturated rings. The summed E-state index contributed by atoms with van der Waals surface area (Å²) in [6.07, 6.45) is 3.51. The Morgan fingerprint density at radius 3 is 2.09 bits per heavy atom. The largest absolute Gasteiger partial charge is 0.386 e. The summed E-state index contributed by atoms with van der Waals surface area (Å²) in [5, 5.41) is 22.9. The number of aromatic nitrogens is 1. The van der Waals surface area contributed by atoms with Gasteiger partial charge in [0, 0.05) is 42.0 Å². The minimum atomic E-state index is -1.13. The van der Waals surface area contributed by atoms with E-state index in [1.165, 1.54) is 5.56 Å². The number of nitrogens with zero attached hydrogens (tertiary/aromatic N) is 2. The van der Waals surface area contributed by atoms with Crippen molar-refractivity contribution in [3.8, 4) is 11.1 Å². The highest BCUT2D eigenvalue weighted by molar-refractivity contribution is 5.65. The van der Waals surface area contributed by atoms with Crippen molar-refractivity contribution in [3.05, 3.63) is 89.2 Å². The van der Waals surface area contributed by atoms with Gasteiger partial charge in [-0.25, -0.2) is 0 Å². The molecule has 0 spiro atoms. The maximum Gasteiger partial charge on any atom is 0.122 e. The topological polar surface area (TPSA) is 56.6 Å². The van der Waals surface area contributed by atoms with E-state index in [0.29, 0.717) is 5.92 Å². The molecule has 1 aromatic heterocycles. The lowest BCUT2D eigenvalue weighted by atomic mass is 9.61. The minimum Gasteiger partial charge on any atom is -0.386 e. The Labute approximate surface area is 197 Å². The highest BCUT2D eigenvalue weighted by Gasteiger charge is 2.55. The molecule has 0 bridgehead atoms. The highest BCUT2D eigenvalue weighted by Crippen LogP contribution is 2.50. The van der Waals surface area contributed by atoms with Gasteiger partial charge in [-0.1, -0.05) is 63.2 Å². The first-order chi connectivity index (χ1) is 15.4. The van der Waals surface area contributed by atoms with E-state index in [1.54, 1.807) is 20.0 Å². The maximum atomic E-state index is 12.5. The average molecular weight is 445 g/mol. The van der Waals surface area contributed by atoms with E-state index < -0.39 is 11.2 Å². The van der Waals surface area contributed by atoms with Gasteiger partial charge in [0.1, 0.15) is 5.60 Å². The molecule has 1 aliphatic heterocycles. The summed E-state index contributed by atoms with van der Waals surface area (Å²) >= 11 is 0. The molecule has 1 saturated heterocycles. The molecule has 3 aromatic rings. The predicted octanol–water partition coefficient (Wildman–Crippen LogP) is 5.29. The molecule has 4 nitrogen and oxygen atoms in total. The maximum absolute atomic E-state index is 12.5. The van der Waals surface area contributed by atoms with Crippen LogP contribution in [-0.2, 0) is 11.2 Å². The number of rotatable bonds is 6. The number of benzene rings is 2. The van der Waals surface area contributed by atoms with Crippen LogP contribution in [0.4, 0.5) is 0 Å². The van der Waals surface area contributed by atoms with Gasteiger partial charge in [0.05, 0.1) is 5.60 Å². The zero-order chi connectivity index (χ0) is 24.0. The summed E-state index contributed by atoms with van der Waals surface area (Å²) in [5.74, 6) is 0.441. The first kappa shape index (κ1) is 23.6. The quantitative estimate of drug-likeness (QED) is 0.543. The van der Waals surface area contributed by atoms with Crippen LogP contribution in [-0.4, -0.2) is 40.2 Å². The number of hydrogen-bond donors (Lipinski definition) is 2. The van der Waals surface area contributed by atoms with Gasteiger partial charge in [0.15, 0.2) is 0 Å². The first-order valence-corrected chi connectivity index (χ1v) is 11.7. The van der Waals surface area contributed by atoms with Crippen LogP contribution >= 0.6 is 0 Å². The van der Waals surface area contributed by atoms with Gasteiger partial charge in [-0.05, 0) is 61.2 Å². The molecule has 0 radical (unpaired) electrons. The van der Waals surface area contributed by atoms with Gasteiger partial charge in [-0.15, -0.1) is 0 Å². The Hall–Kier alpha value is -2.53. The molecular formula is C29H36N2O2. The average Bonchev–Trinajstić information content (AvgIpc) is 2.77. The fourth-order valence-electron chi connectivity index (χ4n) is 5.20. The van der Waals surface area contributed by atoms with Crippen molar-refractivity contribution >= 4 is 0 Å². The third-order valence-corrected chi connectivity index (χ3v) is 7.16. The Morgan fingerprint density at radius 1 is 0.879 bits per heavy atom. The number of hydrogen-bond acceptors (Lipinski definition) is 4.